The van der Waals surface area contributed by atoms with E-state index in [0.29, 0.717) is 18.7 Å². The van der Waals surface area contributed by atoms with E-state index in [1.165, 1.54) is 22.6 Å². The van der Waals surface area contributed by atoms with Gasteiger partial charge in [0, 0.05) is 24.2 Å². The third-order valence-corrected chi connectivity index (χ3v) is 4.97. The largest absolute Gasteiger partial charge is 0.322 e. The van der Waals surface area contributed by atoms with Gasteiger partial charge < -0.3 is 20.1 Å². The molecule has 0 saturated carbocycles. The van der Waals surface area contributed by atoms with Crippen LogP contribution in [-0.4, -0.2) is 48.0 Å². The van der Waals surface area contributed by atoms with Crippen LogP contribution in [-0.2, 0) is 13.0 Å². The van der Waals surface area contributed by atoms with E-state index in [1.807, 2.05) is 43.3 Å². The minimum atomic E-state index is -0.506. The Morgan fingerprint density at radius 2 is 1.87 bits per heavy atom. The molecule has 0 spiro atoms. The van der Waals surface area contributed by atoms with Crippen molar-refractivity contribution in [3.63, 3.8) is 0 Å². The number of benzene rings is 2. The summed E-state index contributed by atoms with van der Waals surface area (Å²) >= 11 is 0. The van der Waals surface area contributed by atoms with E-state index in [-0.39, 0.29) is 17.8 Å². The van der Waals surface area contributed by atoms with E-state index < -0.39 is 11.8 Å². The van der Waals surface area contributed by atoms with Gasteiger partial charge in [0.05, 0.1) is 12.2 Å². The van der Waals surface area contributed by atoms with Crippen LogP contribution in [0.25, 0.3) is 10.9 Å². The number of urea groups is 1. The van der Waals surface area contributed by atoms with Crippen molar-refractivity contribution in [3.05, 3.63) is 75.8 Å². The Bertz CT molecular complexity index is 1090. The number of aryl methyl sites for hydroxylation is 1. The van der Waals surface area contributed by atoms with Crippen LogP contribution in [0.4, 0.5) is 14.9 Å². The smallest absolute Gasteiger partial charge is 0.322 e. The molecule has 0 unspecified atom stereocenters. The Hall–Kier alpha value is -3.19. The second-order valence-electron chi connectivity index (χ2n) is 7.53. The maximum absolute atomic E-state index is 14.0. The first kappa shape index (κ1) is 21.5. The number of anilines is 1. The number of hydrogen-bond donors (Lipinski definition) is 2. The first-order valence-corrected chi connectivity index (χ1v) is 9.97. The zero-order valence-electron chi connectivity index (χ0n) is 17.5. The van der Waals surface area contributed by atoms with Gasteiger partial charge in [0.1, 0.15) is 5.82 Å². The van der Waals surface area contributed by atoms with E-state index in [9.17, 15) is 14.0 Å². The van der Waals surface area contributed by atoms with Gasteiger partial charge in [-0.3, -0.25) is 4.79 Å². The second-order valence-corrected chi connectivity index (χ2v) is 7.53. The lowest BCUT2D eigenvalue weighted by molar-refractivity contribution is 0.202. The van der Waals surface area contributed by atoms with Crippen molar-refractivity contribution >= 4 is 22.6 Å². The van der Waals surface area contributed by atoms with Crippen molar-refractivity contribution in [2.24, 2.45) is 0 Å². The molecule has 0 bridgehead atoms. The van der Waals surface area contributed by atoms with E-state index in [0.717, 1.165) is 17.3 Å². The van der Waals surface area contributed by atoms with Crippen LogP contribution in [0, 0.1) is 5.82 Å². The molecule has 0 aliphatic rings. The Morgan fingerprint density at radius 3 is 2.57 bits per heavy atom. The van der Waals surface area contributed by atoms with Crippen LogP contribution in [0.15, 0.2) is 53.3 Å². The maximum Gasteiger partial charge on any atom is 0.322 e. The highest BCUT2D eigenvalue weighted by Crippen LogP contribution is 2.17. The lowest BCUT2D eigenvalue weighted by Gasteiger charge is -2.25. The summed E-state index contributed by atoms with van der Waals surface area (Å²) in [6, 6.07) is 13.3. The number of carbonyl (C=O) groups excluding carboxylic acids is 1. The molecule has 3 rings (SSSR count). The number of aromatic nitrogens is 1. The molecule has 0 aliphatic carbocycles. The van der Waals surface area contributed by atoms with Crippen LogP contribution in [0.1, 0.15) is 18.1 Å². The average Bonchev–Trinajstić information content (AvgIpc) is 2.72. The highest BCUT2D eigenvalue weighted by Gasteiger charge is 2.18. The number of likely N-dealkylation sites (N-methyl/N-ethyl adjacent to an activating group) is 1. The molecule has 0 radical (unpaired) electrons. The van der Waals surface area contributed by atoms with E-state index in [2.05, 4.69) is 17.2 Å². The zero-order valence-corrected chi connectivity index (χ0v) is 17.5. The quantitative estimate of drug-likeness (QED) is 0.622. The van der Waals surface area contributed by atoms with Crippen LogP contribution in [0.3, 0.4) is 0 Å². The summed E-state index contributed by atoms with van der Waals surface area (Å²) < 4.78 is 14.0. The summed E-state index contributed by atoms with van der Waals surface area (Å²) in [6.45, 7) is 3.19. The predicted molar refractivity (Wildman–Crippen MR) is 118 cm³/mol. The Morgan fingerprint density at radius 1 is 1.10 bits per heavy atom. The van der Waals surface area contributed by atoms with Crippen LogP contribution in [0.5, 0.6) is 0 Å². The molecule has 2 aromatic carbocycles. The molecule has 0 fully saturated rings. The predicted octanol–water partition coefficient (Wildman–Crippen LogP) is 3.83. The number of aromatic amines is 1. The molecule has 2 N–H and O–H groups in total. The van der Waals surface area contributed by atoms with E-state index >= 15 is 0 Å². The van der Waals surface area contributed by atoms with Crippen molar-refractivity contribution < 1.29 is 9.18 Å². The number of amides is 2. The number of pyridine rings is 1. The highest BCUT2D eigenvalue weighted by molar-refractivity contribution is 5.89. The number of carbonyl (C=O) groups is 1. The fourth-order valence-corrected chi connectivity index (χ4v) is 3.17. The number of fused-ring (bicyclic) bond motifs is 1. The third-order valence-electron chi connectivity index (χ3n) is 4.97. The summed E-state index contributed by atoms with van der Waals surface area (Å²) in [4.78, 5) is 31.8. The minimum absolute atomic E-state index is 0.109. The first-order valence-electron chi connectivity index (χ1n) is 9.97. The molecule has 30 heavy (non-hydrogen) atoms. The standard InChI is InChI=1S/C23H27FN4O2/c1-4-16-9-10-20-17(13-16)14-18(22(29)25-20)15-28(12-11-27(2)3)23(30)26-21-8-6-5-7-19(21)24/h5-10,13-14H,4,11-12,15H2,1-3H3,(H,25,29)(H,26,30). The summed E-state index contributed by atoms with van der Waals surface area (Å²) in [5, 5.41) is 3.53. The number of para-hydroxylation sites is 1. The molecule has 0 aliphatic heterocycles. The SMILES string of the molecule is CCc1ccc2[nH]c(=O)c(CN(CCN(C)C)C(=O)Nc3ccccc3F)cc2c1. The van der Waals surface area contributed by atoms with Crippen LogP contribution < -0.4 is 10.9 Å². The molecule has 0 saturated heterocycles. The summed E-state index contributed by atoms with van der Waals surface area (Å²) in [5.74, 6) is -0.506. The molecule has 158 valence electrons. The molecular formula is C23H27FN4O2. The Labute approximate surface area is 175 Å². The number of nitrogens with one attached hydrogen (secondary N) is 2. The summed E-state index contributed by atoms with van der Waals surface area (Å²) in [7, 11) is 3.81. The van der Waals surface area contributed by atoms with Gasteiger partial charge in [0.15, 0.2) is 0 Å². The van der Waals surface area contributed by atoms with Crippen molar-refractivity contribution in [1.82, 2.24) is 14.8 Å². The van der Waals surface area contributed by atoms with Gasteiger partial charge in [-0.25, -0.2) is 9.18 Å². The third kappa shape index (κ3) is 5.24. The number of hydrogen-bond acceptors (Lipinski definition) is 3. The van der Waals surface area contributed by atoms with E-state index in [1.54, 1.807) is 12.1 Å². The van der Waals surface area contributed by atoms with Gasteiger partial charge in [-0.15, -0.1) is 0 Å². The second kappa shape index (κ2) is 9.54. The monoisotopic (exact) mass is 410 g/mol. The first-order chi connectivity index (χ1) is 14.4. The maximum atomic E-state index is 14.0. The molecular weight excluding hydrogens is 383 g/mol. The number of rotatable bonds is 7. The lowest BCUT2D eigenvalue weighted by Crippen LogP contribution is -2.40. The molecule has 0 atom stereocenters. The van der Waals surface area contributed by atoms with Crippen LogP contribution >= 0.6 is 0 Å². The summed E-state index contributed by atoms with van der Waals surface area (Å²) in [5.41, 5.74) is 2.29. The fraction of sp³-hybridized carbons (Fsp3) is 0.304. The van der Waals surface area contributed by atoms with Gasteiger partial charge >= 0.3 is 6.03 Å². The van der Waals surface area contributed by atoms with Gasteiger partial charge in [0.25, 0.3) is 5.56 Å². The minimum Gasteiger partial charge on any atom is -0.322 e. The molecule has 3 aromatic rings. The highest BCUT2D eigenvalue weighted by atomic mass is 19.1. The normalized spacial score (nSPS) is 11.1. The van der Waals surface area contributed by atoms with Crippen molar-refractivity contribution in [2.45, 2.75) is 19.9 Å². The number of halogens is 1. The number of nitrogens with zero attached hydrogens (tertiary/aromatic N) is 2. The Balaban J connectivity index is 1.88. The van der Waals surface area contributed by atoms with E-state index in [4.69, 9.17) is 0 Å². The zero-order chi connectivity index (χ0) is 21.7. The van der Waals surface area contributed by atoms with Crippen molar-refractivity contribution in [2.75, 3.05) is 32.5 Å². The van der Waals surface area contributed by atoms with Gasteiger partial charge in [-0.1, -0.05) is 25.1 Å². The molecule has 2 amide bonds. The molecule has 1 heterocycles. The van der Waals surface area contributed by atoms with Crippen molar-refractivity contribution in [1.29, 1.82) is 0 Å². The molecule has 1 aromatic heterocycles. The number of H-pyrrole nitrogens is 1. The summed E-state index contributed by atoms with van der Waals surface area (Å²) in [6.07, 6.45) is 0.893. The topological polar surface area (TPSA) is 68.4 Å². The fourth-order valence-electron chi connectivity index (χ4n) is 3.17. The lowest BCUT2D eigenvalue weighted by atomic mass is 10.1. The van der Waals surface area contributed by atoms with Gasteiger partial charge in [-0.05, 0) is 61.8 Å². The average molecular weight is 410 g/mol. The Kier molecular flexibility index (Phi) is 6.84. The van der Waals surface area contributed by atoms with Crippen molar-refractivity contribution in [3.8, 4) is 0 Å². The van der Waals surface area contributed by atoms with Crippen LogP contribution in [0.2, 0.25) is 0 Å². The van der Waals surface area contributed by atoms with Gasteiger partial charge in [0.2, 0.25) is 0 Å². The molecule has 6 nitrogen and oxygen atoms in total. The molecule has 7 heteroatoms. The van der Waals surface area contributed by atoms with Gasteiger partial charge in [-0.2, -0.15) is 0 Å².